The van der Waals surface area contributed by atoms with Gasteiger partial charge in [-0.2, -0.15) is 0 Å². The minimum Gasteiger partial charge on any atom is -0.444 e. The van der Waals surface area contributed by atoms with Crippen LogP contribution in [-0.4, -0.2) is 72.8 Å². The van der Waals surface area contributed by atoms with E-state index in [1.165, 1.54) is 0 Å². The molecular weight excluding hydrogens is 679 g/mol. The third kappa shape index (κ3) is 8.15. The molecule has 11 heteroatoms. The average molecular weight is 730 g/mol. The van der Waals surface area contributed by atoms with Crippen molar-refractivity contribution in [1.82, 2.24) is 35.1 Å². The highest BCUT2D eigenvalue weighted by Gasteiger charge is 2.40. The van der Waals surface area contributed by atoms with Gasteiger partial charge in [0.25, 0.3) is 0 Å². The van der Waals surface area contributed by atoms with E-state index in [4.69, 9.17) is 14.5 Å². The summed E-state index contributed by atoms with van der Waals surface area (Å²) in [4.78, 5) is 46.0. The fourth-order valence-electron chi connectivity index (χ4n) is 7.43. The van der Waals surface area contributed by atoms with Crippen LogP contribution in [0.3, 0.4) is 0 Å². The average Bonchev–Trinajstić information content (AvgIpc) is 3.95. The second kappa shape index (κ2) is 14.7. The molecule has 0 saturated carbocycles. The lowest BCUT2D eigenvalue weighted by atomic mass is 9.98. The normalized spacial score (nSPS) is 19.0. The van der Waals surface area contributed by atoms with E-state index >= 15 is 0 Å². The number of H-pyrrole nitrogens is 2. The maximum atomic E-state index is 13.2. The number of amides is 2. The van der Waals surface area contributed by atoms with E-state index in [9.17, 15) is 9.59 Å². The van der Waals surface area contributed by atoms with Crippen LogP contribution in [0.5, 0.6) is 0 Å². The van der Waals surface area contributed by atoms with Crippen molar-refractivity contribution < 1.29 is 19.1 Å². The molecule has 3 aromatic carbocycles. The molecule has 11 nitrogen and oxygen atoms in total. The van der Waals surface area contributed by atoms with E-state index in [0.29, 0.717) is 13.1 Å². The zero-order chi connectivity index (χ0) is 38.2. The zero-order valence-corrected chi connectivity index (χ0v) is 32.1. The minimum atomic E-state index is -0.585. The number of hydrogen-bond acceptors (Lipinski definition) is 7. The molecule has 0 spiro atoms. The third-order valence-corrected chi connectivity index (χ3v) is 9.95. The van der Waals surface area contributed by atoms with Crippen molar-refractivity contribution in [3.05, 3.63) is 97.5 Å². The predicted octanol–water partition coefficient (Wildman–Crippen LogP) is 9.39. The molecule has 3 N–H and O–H groups in total. The van der Waals surface area contributed by atoms with Gasteiger partial charge in [0, 0.05) is 25.2 Å². The SMILES string of the molecule is C=CNCC1CC(c2ncc(-c3ccc(-c4ccc5cc(-c6cnc(C7CCCN7C(=O)OC(C)(C)C)[nH]6)ccc5c4)cc3)[nH]2)N(C(=O)OC(C)(C)C)C1. The molecule has 5 aromatic rings. The van der Waals surface area contributed by atoms with Crippen molar-refractivity contribution in [2.45, 2.75) is 84.1 Å². The molecule has 2 fully saturated rings. The van der Waals surface area contributed by atoms with Gasteiger partial charge in [0.05, 0.1) is 35.9 Å². The summed E-state index contributed by atoms with van der Waals surface area (Å²) >= 11 is 0. The first-order chi connectivity index (χ1) is 25.7. The van der Waals surface area contributed by atoms with Crippen molar-refractivity contribution in [2.24, 2.45) is 5.92 Å². The summed E-state index contributed by atoms with van der Waals surface area (Å²) in [6, 6.07) is 21.0. The molecule has 4 heterocycles. The number of carbonyl (C=O) groups excluding carboxylic acids is 2. The first kappa shape index (κ1) is 36.8. The number of aromatic nitrogens is 4. The summed E-state index contributed by atoms with van der Waals surface area (Å²) in [6.45, 7) is 17.0. The Balaban J connectivity index is 1.04. The molecule has 0 aliphatic carbocycles. The number of nitrogens with one attached hydrogen (secondary N) is 3. The van der Waals surface area contributed by atoms with Crippen LogP contribution >= 0.6 is 0 Å². The quantitative estimate of drug-likeness (QED) is 0.145. The van der Waals surface area contributed by atoms with Gasteiger partial charge in [0.2, 0.25) is 0 Å². The van der Waals surface area contributed by atoms with Crippen molar-refractivity contribution >= 4 is 23.0 Å². The van der Waals surface area contributed by atoms with Crippen LogP contribution in [0.15, 0.2) is 85.8 Å². The van der Waals surface area contributed by atoms with E-state index in [1.807, 2.05) is 53.9 Å². The van der Waals surface area contributed by atoms with Crippen molar-refractivity contribution in [3.63, 3.8) is 0 Å². The Bertz CT molecular complexity index is 2140. The summed E-state index contributed by atoms with van der Waals surface area (Å²) < 4.78 is 11.4. The van der Waals surface area contributed by atoms with Gasteiger partial charge in [0.15, 0.2) is 0 Å². The standard InChI is InChI=1S/C43H51N7O4/c1-8-44-23-27-20-37(50(26-27)41(52)54-43(5,6)7)39-46-24-34(47-39)29-13-11-28(12-14-29)30-15-16-32-22-33(18-17-31(32)21-30)35-25-45-38(48-35)36-10-9-19-49(36)40(51)53-42(2,3)4/h8,11-18,21-22,24-25,27,36-37,44H,1,9-10,19-20,23,26H2,2-7H3,(H,45,48)(H,46,47). The molecule has 7 rings (SSSR count). The molecule has 3 atom stereocenters. The second-order valence-corrected chi connectivity index (χ2v) is 16.4. The Morgan fingerprint density at radius 2 is 1.31 bits per heavy atom. The number of benzene rings is 3. The molecule has 54 heavy (non-hydrogen) atoms. The molecule has 2 saturated heterocycles. The van der Waals surface area contributed by atoms with Crippen LogP contribution in [0.4, 0.5) is 9.59 Å². The lowest BCUT2D eigenvalue weighted by molar-refractivity contribution is 0.0206. The third-order valence-electron chi connectivity index (χ3n) is 9.95. The number of fused-ring (bicyclic) bond motifs is 1. The molecule has 0 radical (unpaired) electrons. The molecule has 3 unspecified atom stereocenters. The minimum absolute atomic E-state index is 0.127. The van der Waals surface area contributed by atoms with Crippen LogP contribution in [0.25, 0.3) is 44.4 Å². The van der Waals surface area contributed by atoms with E-state index in [-0.39, 0.29) is 30.2 Å². The van der Waals surface area contributed by atoms with Crippen molar-refractivity contribution in [2.75, 3.05) is 19.6 Å². The van der Waals surface area contributed by atoms with Crippen LogP contribution in [-0.2, 0) is 9.47 Å². The first-order valence-electron chi connectivity index (χ1n) is 18.8. The Labute approximate surface area is 317 Å². The first-order valence-corrected chi connectivity index (χ1v) is 18.8. The number of nitrogens with zero attached hydrogens (tertiary/aromatic N) is 4. The number of ether oxygens (including phenoxy) is 2. The van der Waals surface area contributed by atoms with Gasteiger partial charge >= 0.3 is 12.2 Å². The van der Waals surface area contributed by atoms with Crippen LogP contribution in [0, 0.1) is 5.92 Å². The number of imidazole rings is 2. The number of rotatable bonds is 8. The Morgan fingerprint density at radius 3 is 1.94 bits per heavy atom. The van der Waals surface area contributed by atoms with E-state index in [2.05, 4.69) is 87.5 Å². The van der Waals surface area contributed by atoms with Crippen molar-refractivity contribution in [1.29, 1.82) is 0 Å². The molecule has 2 aliphatic heterocycles. The van der Waals surface area contributed by atoms with Gasteiger partial charge in [-0.15, -0.1) is 0 Å². The molecule has 2 aromatic heterocycles. The number of aromatic amines is 2. The maximum absolute atomic E-state index is 13.2. The van der Waals surface area contributed by atoms with Crippen LogP contribution < -0.4 is 5.32 Å². The van der Waals surface area contributed by atoms with Gasteiger partial charge in [-0.05, 0) is 113 Å². The van der Waals surface area contributed by atoms with E-state index in [0.717, 1.165) is 81.9 Å². The second-order valence-electron chi connectivity index (χ2n) is 16.4. The van der Waals surface area contributed by atoms with Crippen LogP contribution in [0.2, 0.25) is 0 Å². The fraction of sp³-hybridized carbons (Fsp3) is 0.395. The number of hydrogen-bond donors (Lipinski definition) is 3. The summed E-state index contributed by atoms with van der Waals surface area (Å²) in [5, 5.41) is 5.46. The predicted molar refractivity (Wildman–Crippen MR) is 211 cm³/mol. The lowest BCUT2D eigenvalue weighted by Crippen LogP contribution is -2.37. The van der Waals surface area contributed by atoms with Crippen molar-refractivity contribution in [3.8, 4) is 33.6 Å². The summed E-state index contributed by atoms with van der Waals surface area (Å²) in [5.74, 6) is 1.79. The monoisotopic (exact) mass is 729 g/mol. The largest absolute Gasteiger partial charge is 0.444 e. The highest BCUT2D eigenvalue weighted by Crippen LogP contribution is 2.37. The van der Waals surface area contributed by atoms with Gasteiger partial charge in [-0.25, -0.2) is 19.6 Å². The van der Waals surface area contributed by atoms with Crippen LogP contribution in [0.1, 0.15) is 84.5 Å². The maximum Gasteiger partial charge on any atom is 0.410 e. The summed E-state index contributed by atoms with van der Waals surface area (Å²) in [6.07, 6.45) is 7.29. The topological polar surface area (TPSA) is 128 Å². The van der Waals surface area contributed by atoms with Gasteiger partial charge in [-0.3, -0.25) is 9.80 Å². The van der Waals surface area contributed by atoms with Gasteiger partial charge in [-0.1, -0.05) is 55.1 Å². The highest BCUT2D eigenvalue weighted by atomic mass is 16.6. The van der Waals surface area contributed by atoms with Gasteiger partial charge < -0.3 is 24.8 Å². The Hall–Kier alpha value is -5.58. The molecule has 282 valence electrons. The smallest absolute Gasteiger partial charge is 0.410 e. The number of likely N-dealkylation sites (tertiary alicyclic amines) is 2. The fourth-order valence-corrected chi connectivity index (χ4v) is 7.43. The van der Waals surface area contributed by atoms with Gasteiger partial charge in [0.1, 0.15) is 22.9 Å². The van der Waals surface area contributed by atoms with E-state index in [1.54, 1.807) is 16.0 Å². The molecule has 0 bridgehead atoms. The molecule has 2 amide bonds. The molecular formula is C43H51N7O4. The Kier molecular flexibility index (Phi) is 10.00. The Morgan fingerprint density at radius 1 is 0.778 bits per heavy atom. The molecule has 2 aliphatic rings. The zero-order valence-electron chi connectivity index (χ0n) is 32.1. The number of carbonyl (C=O) groups is 2. The summed E-state index contributed by atoms with van der Waals surface area (Å²) in [7, 11) is 0. The lowest BCUT2D eigenvalue weighted by Gasteiger charge is -2.27. The summed E-state index contributed by atoms with van der Waals surface area (Å²) in [5.41, 5.74) is 4.97. The van der Waals surface area contributed by atoms with E-state index < -0.39 is 11.2 Å². The highest BCUT2D eigenvalue weighted by molar-refractivity contribution is 5.90.